The average molecular weight is 365 g/mol. The molecule has 0 radical (unpaired) electrons. The Labute approximate surface area is 155 Å². The average Bonchev–Trinajstić information content (AvgIpc) is 2.70. The Morgan fingerprint density at radius 1 is 1.19 bits per heavy atom. The number of ether oxygens (including phenoxy) is 1. The molecule has 0 atom stereocenters. The first-order chi connectivity index (χ1) is 13.2. The second-order valence-electron chi connectivity index (χ2n) is 6.30. The molecule has 3 aromatic rings. The Kier molecular flexibility index (Phi) is 4.47. The molecule has 1 aliphatic rings. The summed E-state index contributed by atoms with van der Waals surface area (Å²) in [5.74, 6) is 1.22. The molecule has 2 N–H and O–H groups in total. The number of aromatic nitrogens is 3. The van der Waals surface area contributed by atoms with E-state index in [4.69, 9.17) is 4.74 Å². The minimum Gasteiger partial charge on any atom is -0.497 e. The van der Waals surface area contributed by atoms with E-state index in [0.717, 1.165) is 5.56 Å². The minimum atomic E-state index is -0.475. The van der Waals surface area contributed by atoms with Crippen molar-refractivity contribution >= 4 is 5.82 Å². The summed E-state index contributed by atoms with van der Waals surface area (Å²) in [6.07, 6.45) is 3.53. The molecule has 0 bridgehead atoms. The molecule has 0 aliphatic carbocycles. The minimum absolute atomic E-state index is 0.372. The summed E-state index contributed by atoms with van der Waals surface area (Å²) in [5.41, 5.74) is 1.39. The summed E-state index contributed by atoms with van der Waals surface area (Å²) in [4.78, 5) is 33.5. The number of H-pyrrole nitrogens is 1. The van der Waals surface area contributed by atoms with Gasteiger partial charge in [0, 0.05) is 25.5 Å². The number of hydrogen-bond donors (Lipinski definition) is 2. The SMILES string of the molecule is COc1ccc(-n2c3c(c(=O)[nH]c2=O)CN(Cc2cccnc2)CN3)cc1. The molecule has 8 heteroatoms. The van der Waals surface area contributed by atoms with Gasteiger partial charge in [-0.2, -0.15) is 0 Å². The fourth-order valence-corrected chi connectivity index (χ4v) is 3.21. The molecule has 8 nitrogen and oxygen atoms in total. The van der Waals surface area contributed by atoms with E-state index >= 15 is 0 Å². The van der Waals surface area contributed by atoms with Gasteiger partial charge in [0.2, 0.25) is 0 Å². The second kappa shape index (κ2) is 7.08. The molecule has 0 saturated heterocycles. The summed E-state index contributed by atoms with van der Waals surface area (Å²) < 4.78 is 6.65. The van der Waals surface area contributed by atoms with Gasteiger partial charge in [-0.25, -0.2) is 9.36 Å². The van der Waals surface area contributed by atoms with Crippen LogP contribution in [0.2, 0.25) is 0 Å². The Balaban J connectivity index is 1.70. The largest absolute Gasteiger partial charge is 0.497 e. The highest BCUT2D eigenvalue weighted by atomic mass is 16.5. The van der Waals surface area contributed by atoms with E-state index in [1.807, 2.05) is 12.1 Å². The van der Waals surface area contributed by atoms with Crippen LogP contribution in [-0.4, -0.2) is 33.2 Å². The lowest BCUT2D eigenvalue weighted by Gasteiger charge is -2.30. The number of hydrogen-bond acceptors (Lipinski definition) is 6. The van der Waals surface area contributed by atoms with Gasteiger partial charge >= 0.3 is 5.69 Å². The van der Waals surface area contributed by atoms with Gasteiger partial charge < -0.3 is 10.1 Å². The molecule has 0 saturated carbocycles. The summed E-state index contributed by atoms with van der Waals surface area (Å²) in [6, 6.07) is 11.0. The molecule has 27 heavy (non-hydrogen) atoms. The first-order valence-corrected chi connectivity index (χ1v) is 8.53. The van der Waals surface area contributed by atoms with Crippen molar-refractivity contribution < 1.29 is 4.74 Å². The van der Waals surface area contributed by atoms with E-state index in [1.165, 1.54) is 4.57 Å². The van der Waals surface area contributed by atoms with E-state index in [2.05, 4.69) is 20.2 Å². The lowest BCUT2D eigenvalue weighted by atomic mass is 10.2. The van der Waals surface area contributed by atoms with Crippen LogP contribution in [0.15, 0.2) is 58.4 Å². The molecule has 3 heterocycles. The van der Waals surface area contributed by atoms with Gasteiger partial charge in [0.1, 0.15) is 11.6 Å². The predicted octanol–water partition coefficient (Wildman–Crippen LogP) is 1.31. The maximum atomic E-state index is 12.5. The first kappa shape index (κ1) is 17.0. The zero-order valence-corrected chi connectivity index (χ0v) is 14.8. The molecule has 1 aromatic carbocycles. The van der Waals surface area contributed by atoms with Crippen LogP contribution >= 0.6 is 0 Å². The van der Waals surface area contributed by atoms with Gasteiger partial charge in [-0.15, -0.1) is 0 Å². The number of rotatable bonds is 4. The van der Waals surface area contributed by atoms with E-state index in [0.29, 0.717) is 42.6 Å². The van der Waals surface area contributed by atoms with Crippen molar-refractivity contribution in [2.75, 3.05) is 19.1 Å². The van der Waals surface area contributed by atoms with E-state index < -0.39 is 5.69 Å². The lowest BCUT2D eigenvalue weighted by molar-refractivity contribution is 0.263. The predicted molar refractivity (Wildman–Crippen MR) is 101 cm³/mol. The normalized spacial score (nSPS) is 13.7. The van der Waals surface area contributed by atoms with Crippen LogP contribution in [0.25, 0.3) is 5.69 Å². The van der Waals surface area contributed by atoms with E-state index in [-0.39, 0.29) is 5.56 Å². The molecular weight excluding hydrogens is 346 g/mol. The quantitative estimate of drug-likeness (QED) is 0.724. The number of benzene rings is 1. The standard InChI is InChI=1S/C19H19N5O3/c1-27-15-6-4-14(5-7-15)24-17-16(18(25)22-19(24)26)11-23(12-21-17)10-13-3-2-8-20-9-13/h2-9,21H,10-12H2,1H3,(H,22,25,26). The number of fused-ring (bicyclic) bond motifs is 1. The van der Waals surface area contributed by atoms with Crippen LogP contribution in [0, 0.1) is 0 Å². The number of anilines is 1. The molecule has 0 spiro atoms. The van der Waals surface area contributed by atoms with Gasteiger partial charge in [0.05, 0.1) is 25.0 Å². The molecule has 0 unspecified atom stereocenters. The van der Waals surface area contributed by atoms with Crippen LogP contribution in [0.1, 0.15) is 11.1 Å². The molecular formula is C19H19N5O3. The van der Waals surface area contributed by atoms with Gasteiger partial charge in [-0.1, -0.05) is 6.07 Å². The molecule has 138 valence electrons. The third-order valence-corrected chi connectivity index (χ3v) is 4.52. The van der Waals surface area contributed by atoms with Gasteiger partial charge in [0.25, 0.3) is 5.56 Å². The number of pyridine rings is 1. The van der Waals surface area contributed by atoms with Crippen molar-refractivity contribution in [2.24, 2.45) is 0 Å². The number of nitrogens with zero attached hydrogens (tertiary/aromatic N) is 3. The molecule has 0 amide bonds. The molecule has 0 fully saturated rings. The first-order valence-electron chi connectivity index (χ1n) is 8.53. The number of methoxy groups -OCH3 is 1. The summed E-state index contributed by atoms with van der Waals surface area (Å²) in [6.45, 7) is 1.60. The van der Waals surface area contributed by atoms with Crippen molar-refractivity contribution in [1.29, 1.82) is 0 Å². The Morgan fingerprint density at radius 2 is 2.00 bits per heavy atom. The van der Waals surface area contributed by atoms with Gasteiger partial charge in [-0.3, -0.25) is 19.7 Å². The molecule has 4 rings (SSSR count). The maximum absolute atomic E-state index is 12.5. The topological polar surface area (TPSA) is 92.2 Å². The van der Waals surface area contributed by atoms with Crippen molar-refractivity contribution in [2.45, 2.75) is 13.1 Å². The summed E-state index contributed by atoms with van der Waals surface area (Å²) >= 11 is 0. The van der Waals surface area contributed by atoms with E-state index in [1.54, 1.807) is 43.8 Å². The highest BCUT2D eigenvalue weighted by Crippen LogP contribution is 2.23. The zero-order valence-electron chi connectivity index (χ0n) is 14.8. The third kappa shape index (κ3) is 3.34. The van der Waals surface area contributed by atoms with Crippen LogP contribution < -0.4 is 21.3 Å². The second-order valence-corrected chi connectivity index (χ2v) is 6.30. The van der Waals surface area contributed by atoms with Crippen molar-refractivity contribution in [1.82, 2.24) is 19.4 Å². The Hall–Kier alpha value is -3.39. The van der Waals surface area contributed by atoms with Crippen LogP contribution in [-0.2, 0) is 13.1 Å². The van der Waals surface area contributed by atoms with Crippen molar-refractivity contribution in [3.8, 4) is 11.4 Å². The lowest BCUT2D eigenvalue weighted by Crippen LogP contribution is -2.42. The van der Waals surface area contributed by atoms with Crippen LogP contribution in [0.3, 0.4) is 0 Å². The Bertz CT molecular complexity index is 1060. The smallest absolute Gasteiger partial charge is 0.334 e. The monoisotopic (exact) mass is 365 g/mol. The Morgan fingerprint density at radius 3 is 2.70 bits per heavy atom. The van der Waals surface area contributed by atoms with Gasteiger partial charge in [0.15, 0.2) is 0 Å². The van der Waals surface area contributed by atoms with Crippen molar-refractivity contribution in [3.05, 3.63) is 80.8 Å². The third-order valence-electron chi connectivity index (χ3n) is 4.52. The van der Waals surface area contributed by atoms with Crippen molar-refractivity contribution in [3.63, 3.8) is 0 Å². The fraction of sp³-hybridized carbons (Fsp3) is 0.211. The van der Waals surface area contributed by atoms with Crippen LogP contribution in [0.4, 0.5) is 5.82 Å². The molecule has 1 aliphatic heterocycles. The highest BCUT2D eigenvalue weighted by molar-refractivity contribution is 5.52. The zero-order chi connectivity index (χ0) is 18.8. The fourth-order valence-electron chi connectivity index (χ4n) is 3.21. The highest BCUT2D eigenvalue weighted by Gasteiger charge is 2.23. The summed E-state index contributed by atoms with van der Waals surface area (Å²) in [7, 11) is 1.58. The summed E-state index contributed by atoms with van der Waals surface area (Å²) in [5, 5.41) is 3.23. The van der Waals surface area contributed by atoms with Gasteiger partial charge in [-0.05, 0) is 35.9 Å². The number of aromatic amines is 1. The maximum Gasteiger partial charge on any atom is 0.334 e. The van der Waals surface area contributed by atoms with Crippen LogP contribution in [0.5, 0.6) is 5.75 Å². The molecule has 2 aromatic heterocycles. The number of nitrogens with one attached hydrogen (secondary N) is 2. The van der Waals surface area contributed by atoms with E-state index in [9.17, 15) is 9.59 Å².